The highest BCUT2D eigenvalue weighted by Gasteiger charge is 2.14. The van der Waals surface area contributed by atoms with Gasteiger partial charge in [-0.1, -0.05) is 17.0 Å². The quantitative estimate of drug-likeness (QED) is 0.768. The molecule has 1 aromatic rings. The first-order valence-electron chi connectivity index (χ1n) is 5.12. The Balaban J connectivity index is 1.66. The highest BCUT2D eigenvalue weighted by molar-refractivity contribution is 8.14. The van der Waals surface area contributed by atoms with Gasteiger partial charge in [-0.3, -0.25) is 9.67 Å². The molecule has 1 aliphatic rings. The van der Waals surface area contributed by atoms with Gasteiger partial charge in [0.2, 0.25) is 0 Å². The average molecular weight is 225 g/mol. The van der Waals surface area contributed by atoms with E-state index in [0.29, 0.717) is 6.04 Å². The minimum absolute atomic E-state index is 0.559. The van der Waals surface area contributed by atoms with Crippen LogP contribution >= 0.6 is 11.8 Å². The number of aryl methyl sites for hydroxylation is 1. The predicted octanol–water partition coefficient (Wildman–Crippen LogP) is 0.749. The van der Waals surface area contributed by atoms with Crippen molar-refractivity contribution in [3.63, 3.8) is 0 Å². The van der Waals surface area contributed by atoms with Crippen molar-refractivity contribution in [3.8, 4) is 0 Å². The monoisotopic (exact) mass is 225 g/mol. The number of nitrogens with zero attached hydrogens (tertiary/aromatic N) is 4. The third-order valence-electron chi connectivity index (χ3n) is 2.11. The van der Waals surface area contributed by atoms with Crippen LogP contribution in [-0.4, -0.2) is 38.5 Å². The number of aliphatic imine (C=N–C) groups is 1. The summed E-state index contributed by atoms with van der Waals surface area (Å²) in [6, 6.07) is 0.559. The van der Waals surface area contributed by atoms with Crippen molar-refractivity contribution in [3.05, 3.63) is 12.4 Å². The molecule has 0 saturated carbocycles. The molecule has 5 nitrogen and oxygen atoms in total. The van der Waals surface area contributed by atoms with Crippen LogP contribution in [0, 0.1) is 0 Å². The molecule has 2 rings (SSSR count). The second-order valence-electron chi connectivity index (χ2n) is 3.56. The number of hydrogen-bond donors (Lipinski definition) is 1. The summed E-state index contributed by atoms with van der Waals surface area (Å²) >= 11 is 1.80. The van der Waals surface area contributed by atoms with E-state index in [1.165, 1.54) is 0 Å². The smallest absolute Gasteiger partial charge is 0.156 e. The van der Waals surface area contributed by atoms with Crippen LogP contribution < -0.4 is 5.32 Å². The molecule has 0 spiro atoms. The van der Waals surface area contributed by atoms with Gasteiger partial charge in [-0.25, -0.2) is 0 Å². The summed E-state index contributed by atoms with van der Waals surface area (Å²) in [4.78, 5) is 4.48. The molecular weight excluding hydrogens is 210 g/mol. The molecular formula is C9H15N5S. The van der Waals surface area contributed by atoms with Gasteiger partial charge in [0.1, 0.15) is 0 Å². The van der Waals surface area contributed by atoms with E-state index in [1.54, 1.807) is 18.0 Å². The van der Waals surface area contributed by atoms with Gasteiger partial charge in [-0.05, 0) is 13.3 Å². The summed E-state index contributed by atoms with van der Waals surface area (Å²) in [7, 11) is 0. The normalized spacial score (nSPS) is 23.3. The van der Waals surface area contributed by atoms with Crippen LogP contribution in [0.25, 0.3) is 0 Å². The summed E-state index contributed by atoms with van der Waals surface area (Å²) in [5.41, 5.74) is 0. The SMILES string of the molecule is CC1CSC(=NCCCn2ccnn2)N1. The Bertz CT molecular complexity index is 321. The summed E-state index contributed by atoms with van der Waals surface area (Å²) in [6.07, 6.45) is 4.57. The highest BCUT2D eigenvalue weighted by Crippen LogP contribution is 2.12. The Hall–Kier alpha value is -1.04. The summed E-state index contributed by atoms with van der Waals surface area (Å²) in [5.74, 6) is 1.13. The number of aromatic nitrogens is 3. The fourth-order valence-electron chi connectivity index (χ4n) is 1.35. The number of rotatable bonds is 4. The van der Waals surface area contributed by atoms with Crippen LogP contribution in [0.1, 0.15) is 13.3 Å². The standard InChI is InChI=1S/C9H15N5S/c1-8-7-15-9(12-8)10-3-2-5-14-6-4-11-13-14/h4,6,8H,2-3,5,7H2,1H3,(H,10,12). The van der Waals surface area contributed by atoms with E-state index in [-0.39, 0.29) is 0 Å². The van der Waals surface area contributed by atoms with Crippen molar-refractivity contribution in [2.75, 3.05) is 12.3 Å². The van der Waals surface area contributed by atoms with Gasteiger partial charge < -0.3 is 5.32 Å². The van der Waals surface area contributed by atoms with Gasteiger partial charge in [0.15, 0.2) is 5.17 Å². The van der Waals surface area contributed by atoms with Crippen LogP contribution in [0.2, 0.25) is 0 Å². The lowest BCUT2D eigenvalue weighted by Gasteiger charge is -2.01. The van der Waals surface area contributed by atoms with Crippen LogP contribution in [-0.2, 0) is 6.54 Å². The largest absolute Gasteiger partial charge is 0.362 e. The van der Waals surface area contributed by atoms with Crippen molar-refractivity contribution < 1.29 is 0 Å². The van der Waals surface area contributed by atoms with E-state index in [1.807, 2.05) is 10.9 Å². The number of hydrogen-bond acceptors (Lipinski definition) is 4. The zero-order chi connectivity index (χ0) is 10.5. The molecule has 6 heteroatoms. The molecule has 1 aliphatic heterocycles. The van der Waals surface area contributed by atoms with E-state index < -0.39 is 0 Å². The first-order chi connectivity index (χ1) is 7.34. The van der Waals surface area contributed by atoms with E-state index in [0.717, 1.165) is 30.4 Å². The molecule has 0 bridgehead atoms. The van der Waals surface area contributed by atoms with Crippen LogP contribution in [0.15, 0.2) is 17.4 Å². The maximum atomic E-state index is 4.48. The summed E-state index contributed by atoms with van der Waals surface area (Å²) in [6.45, 7) is 3.91. The fourth-order valence-corrected chi connectivity index (χ4v) is 2.31. The zero-order valence-corrected chi connectivity index (χ0v) is 9.57. The van der Waals surface area contributed by atoms with Gasteiger partial charge in [0.25, 0.3) is 0 Å². The van der Waals surface area contributed by atoms with E-state index >= 15 is 0 Å². The Labute approximate surface area is 93.3 Å². The van der Waals surface area contributed by atoms with Crippen LogP contribution in [0.3, 0.4) is 0 Å². The van der Waals surface area contributed by atoms with Crippen molar-refractivity contribution in [2.45, 2.75) is 25.9 Å². The first-order valence-corrected chi connectivity index (χ1v) is 6.11. The Morgan fingerprint density at radius 3 is 3.33 bits per heavy atom. The van der Waals surface area contributed by atoms with Gasteiger partial charge in [-0.2, -0.15) is 0 Å². The molecule has 1 fully saturated rings. The van der Waals surface area contributed by atoms with E-state index in [4.69, 9.17) is 0 Å². The third kappa shape index (κ3) is 3.23. The minimum Gasteiger partial charge on any atom is -0.362 e. The molecule has 1 aromatic heterocycles. The second kappa shape index (κ2) is 5.16. The van der Waals surface area contributed by atoms with Crippen LogP contribution in [0.5, 0.6) is 0 Å². The zero-order valence-electron chi connectivity index (χ0n) is 8.76. The molecule has 0 amide bonds. The lowest BCUT2D eigenvalue weighted by atomic mass is 10.4. The highest BCUT2D eigenvalue weighted by atomic mass is 32.2. The maximum absolute atomic E-state index is 4.48. The van der Waals surface area contributed by atoms with Gasteiger partial charge >= 0.3 is 0 Å². The molecule has 1 N–H and O–H groups in total. The minimum atomic E-state index is 0.559. The molecule has 1 unspecified atom stereocenters. The van der Waals surface area contributed by atoms with Gasteiger partial charge in [0.05, 0.1) is 6.20 Å². The maximum Gasteiger partial charge on any atom is 0.156 e. The van der Waals surface area contributed by atoms with Crippen molar-refractivity contribution in [2.24, 2.45) is 4.99 Å². The molecule has 15 heavy (non-hydrogen) atoms. The molecule has 1 atom stereocenters. The van der Waals surface area contributed by atoms with Gasteiger partial charge in [-0.15, -0.1) is 5.10 Å². The second-order valence-corrected chi connectivity index (χ2v) is 4.57. The molecule has 2 heterocycles. The fraction of sp³-hybridized carbons (Fsp3) is 0.667. The average Bonchev–Trinajstić information content (AvgIpc) is 2.84. The Morgan fingerprint density at radius 1 is 1.73 bits per heavy atom. The van der Waals surface area contributed by atoms with Crippen molar-refractivity contribution in [1.82, 2.24) is 20.3 Å². The first kappa shape index (κ1) is 10.5. The molecule has 1 saturated heterocycles. The topological polar surface area (TPSA) is 55.1 Å². The Kier molecular flexibility index (Phi) is 3.60. The third-order valence-corrected chi connectivity index (χ3v) is 3.30. The van der Waals surface area contributed by atoms with E-state index in [2.05, 4.69) is 27.5 Å². The molecule has 0 aromatic carbocycles. The summed E-state index contributed by atoms with van der Waals surface area (Å²) < 4.78 is 1.83. The van der Waals surface area contributed by atoms with Crippen molar-refractivity contribution >= 4 is 16.9 Å². The van der Waals surface area contributed by atoms with E-state index in [9.17, 15) is 0 Å². The molecule has 0 radical (unpaired) electrons. The lowest BCUT2D eigenvalue weighted by molar-refractivity contribution is 0.564. The number of thioether (sulfide) groups is 1. The molecule has 82 valence electrons. The summed E-state index contributed by atoms with van der Waals surface area (Å²) in [5, 5.41) is 12.1. The molecule has 0 aliphatic carbocycles. The van der Waals surface area contributed by atoms with Gasteiger partial charge in [0, 0.05) is 31.1 Å². The number of amidine groups is 1. The predicted molar refractivity (Wildman–Crippen MR) is 62.0 cm³/mol. The lowest BCUT2D eigenvalue weighted by Crippen LogP contribution is -2.23. The van der Waals surface area contributed by atoms with Crippen molar-refractivity contribution in [1.29, 1.82) is 0 Å². The Morgan fingerprint density at radius 2 is 2.67 bits per heavy atom. The van der Waals surface area contributed by atoms with Crippen LogP contribution in [0.4, 0.5) is 0 Å². The number of nitrogens with one attached hydrogen (secondary N) is 1.